The maximum absolute atomic E-state index is 12.3. The van der Waals surface area contributed by atoms with Crippen molar-refractivity contribution < 1.29 is 19.1 Å². The summed E-state index contributed by atoms with van der Waals surface area (Å²) in [6.45, 7) is 0.402. The van der Waals surface area contributed by atoms with Gasteiger partial charge < -0.3 is 19.7 Å². The van der Waals surface area contributed by atoms with Crippen LogP contribution < -0.4 is 10.1 Å². The molecule has 1 saturated heterocycles. The lowest BCUT2D eigenvalue weighted by Crippen LogP contribution is -2.30. The Morgan fingerprint density at radius 2 is 1.91 bits per heavy atom. The first kappa shape index (κ1) is 21.1. The highest BCUT2D eigenvalue weighted by Crippen LogP contribution is 2.35. The normalized spacial score (nSPS) is 18.3. The molecule has 2 amide bonds. The Hall–Kier alpha value is -3.77. The van der Waals surface area contributed by atoms with Crippen LogP contribution in [0.25, 0.3) is 11.6 Å². The number of rotatable bonds is 5. The number of likely N-dealkylation sites (N-methyl/N-ethyl adjacent to an activating group) is 1. The Morgan fingerprint density at radius 3 is 2.64 bits per heavy atom. The van der Waals surface area contributed by atoms with Crippen LogP contribution in [-0.4, -0.2) is 36.6 Å². The first-order chi connectivity index (χ1) is 16.0. The molecule has 5 rings (SSSR count). The maximum Gasteiger partial charge on any atom is 0.409 e. The molecule has 1 unspecified atom stereocenters. The van der Waals surface area contributed by atoms with Crippen LogP contribution in [0.4, 0.5) is 10.5 Å². The molecular formula is C26H21ClN2O4. The number of ether oxygens (including phenoxy) is 2. The fraction of sp³-hybridized carbons (Fsp3) is 0.154. The van der Waals surface area contributed by atoms with E-state index in [4.69, 9.17) is 21.1 Å². The number of benzene rings is 3. The van der Waals surface area contributed by atoms with Gasteiger partial charge in [0.15, 0.2) is 0 Å². The number of carbonyl (C=O) groups is 2. The van der Waals surface area contributed by atoms with Crippen LogP contribution >= 0.6 is 11.6 Å². The Balaban J connectivity index is 1.29. The van der Waals surface area contributed by atoms with Crippen molar-refractivity contribution in [2.75, 3.05) is 19.0 Å². The predicted octanol–water partition coefficient (Wildman–Crippen LogP) is 5.62. The third-order valence-corrected chi connectivity index (χ3v) is 6.13. The Labute approximate surface area is 196 Å². The van der Waals surface area contributed by atoms with Gasteiger partial charge in [-0.25, -0.2) is 4.79 Å². The lowest BCUT2D eigenvalue weighted by Gasteiger charge is -2.16. The number of para-hydroxylation sites is 1. The fourth-order valence-electron chi connectivity index (χ4n) is 3.96. The molecule has 0 saturated carbocycles. The molecule has 166 valence electrons. The number of anilines is 1. The van der Waals surface area contributed by atoms with Crippen LogP contribution in [-0.2, 0) is 16.0 Å². The summed E-state index contributed by atoms with van der Waals surface area (Å²) in [6.07, 6.45) is 2.25. The molecule has 33 heavy (non-hydrogen) atoms. The van der Waals surface area contributed by atoms with Crippen LogP contribution in [0.3, 0.4) is 0 Å². The molecule has 0 bridgehead atoms. The molecule has 3 aromatic rings. The molecule has 2 aliphatic rings. The molecule has 7 heteroatoms. The van der Waals surface area contributed by atoms with Gasteiger partial charge in [0.1, 0.15) is 18.1 Å². The zero-order valence-corrected chi connectivity index (χ0v) is 18.6. The molecule has 6 nitrogen and oxygen atoms in total. The van der Waals surface area contributed by atoms with Crippen LogP contribution in [0.5, 0.6) is 11.5 Å². The molecule has 1 N–H and O–H groups in total. The first-order valence-corrected chi connectivity index (χ1v) is 10.9. The number of hydrogen-bond acceptors (Lipinski definition) is 4. The van der Waals surface area contributed by atoms with E-state index in [1.165, 1.54) is 0 Å². The van der Waals surface area contributed by atoms with Gasteiger partial charge in [0.05, 0.1) is 11.1 Å². The molecule has 2 aliphatic heterocycles. The van der Waals surface area contributed by atoms with E-state index in [9.17, 15) is 9.59 Å². The molecule has 0 aromatic heterocycles. The Kier molecular flexibility index (Phi) is 5.52. The van der Waals surface area contributed by atoms with Gasteiger partial charge in [-0.15, -0.1) is 0 Å². The smallest absolute Gasteiger partial charge is 0.409 e. The van der Waals surface area contributed by atoms with Gasteiger partial charge in [-0.2, -0.15) is 0 Å². The maximum atomic E-state index is 12.3. The molecule has 1 fully saturated rings. The molecule has 2 heterocycles. The minimum Gasteiger partial charge on any atom is -0.456 e. The summed E-state index contributed by atoms with van der Waals surface area (Å²) < 4.78 is 11.0. The first-order valence-electron chi connectivity index (χ1n) is 10.6. The summed E-state index contributed by atoms with van der Waals surface area (Å²) in [5.41, 5.74) is 4.18. The lowest BCUT2D eigenvalue weighted by molar-refractivity contribution is -0.110. The minimum atomic E-state index is -0.286. The highest BCUT2D eigenvalue weighted by atomic mass is 35.5. The van der Waals surface area contributed by atoms with Gasteiger partial charge in [0.25, 0.3) is 5.91 Å². The predicted molar refractivity (Wildman–Crippen MR) is 128 cm³/mol. The van der Waals surface area contributed by atoms with Crippen molar-refractivity contribution in [1.82, 2.24) is 4.90 Å². The Bertz CT molecular complexity index is 1270. The van der Waals surface area contributed by atoms with Crippen molar-refractivity contribution in [3.05, 3.63) is 88.4 Å². The topological polar surface area (TPSA) is 67.9 Å². The molecule has 0 radical (unpaired) electrons. The average molecular weight is 461 g/mol. The summed E-state index contributed by atoms with van der Waals surface area (Å²) in [4.78, 5) is 25.5. The summed E-state index contributed by atoms with van der Waals surface area (Å²) in [5, 5.41) is 3.31. The SMILES string of the molecule is CN1C(=O)OCC1Cc1ccc(Oc2ccc(C=C3C(=O)Nc4ccccc43)cc2Cl)cc1. The number of fused-ring (bicyclic) bond motifs is 1. The largest absolute Gasteiger partial charge is 0.456 e. The lowest BCUT2D eigenvalue weighted by atomic mass is 10.0. The second-order valence-electron chi connectivity index (χ2n) is 8.04. The summed E-state index contributed by atoms with van der Waals surface area (Å²) in [7, 11) is 1.75. The van der Waals surface area contributed by atoms with E-state index in [-0.39, 0.29) is 18.0 Å². The van der Waals surface area contributed by atoms with E-state index >= 15 is 0 Å². The highest BCUT2D eigenvalue weighted by molar-refractivity contribution is 6.35. The van der Waals surface area contributed by atoms with Crippen molar-refractivity contribution in [2.24, 2.45) is 0 Å². The van der Waals surface area contributed by atoms with Crippen LogP contribution in [0, 0.1) is 0 Å². The van der Waals surface area contributed by atoms with E-state index < -0.39 is 0 Å². The average Bonchev–Trinajstić information content (AvgIpc) is 3.30. The summed E-state index contributed by atoms with van der Waals surface area (Å²) in [5.74, 6) is 1.05. The van der Waals surface area contributed by atoms with Gasteiger partial charge in [0.2, 0.25) is 0 Å². The van der Waals surface area contributed by atoms with E-state index in [0.717, 1.165) is 22.4 Å². The van der Waals surface area contributed by atoms with Crippen LogP contribution in [0.15, 0.2) is 66.7 Å². The number of amides is 2. The van der Waals surface area contributed by atoms with E-state index in [1.54, 1.807) is 24.1 Å². The molecule has 0 aliphatic carbocycles. The fourth-order valence-corrected chi connectivity index (χ4v) is 4.18. The number of nitrogens with zero attached hydrogens (tertiary/aromatic N) is 1. The van der Waals surface area contributed by atoms with E-state index in [2.05, 4.69) is 5.32 Å². The van der Waals surface area contributed by atoms with Gasteiger partial charge in [-0.05, 0) is 54.0 Å². The number of halogens is 1. The van der Waals surface area contributed by atoms with Gasteiger partial charge in [0, 0.05) is 23.9 Å². The quantitative estimate of drug-likeness (QED) is 0.502. The highest BCUT2D eigenvalue weighted by Gasteiger charge is 2.29. The van der Waals surface area contributed by atoms with Crippen molar-refractivity contribution in [3.8, 4) is 11.5 Å². The van der Waals surface area contributed by atoms with Crippen molar-refractivity contribution in [3.63, 3.8) is 0 Å². The third kappa shape index (κ3) is 4.30. The van der Waals surface area contributed by atoms with Gasteiger partial charge >= 0.3 is 6.09 Å². The monoisotopic (exact) mass is 460 g/mol. The number of nitrogens with one attached hydrogen (secondary N) is 1. The van der Waals surface area contributed by atoms with E-state index in [1.807, 2.05) is 60.7 Å². The third-order valence-electron chi connectivity index (χ3n) is 5.83. The van der Waals surface area contributed by atoms with E-state index in [0.29, 0.717) is 35.1 Å². The van der Waals surface area contributed by atoms with Gasteiger partial charge in [-0.1, -0.05) is 48.0 Å². The molecule has 3 aromatic carbocycles. The van der Waals surface area contributed by atoms with Gasteiger partial charge in [-0.3, -0.25) is 4.79 Å². The molecule has 0 spiro atoms. The zero-order valence-electron chi connectivity index (χ0n) is 17.9. The second-order valence-corrected chi connectivity index (χ2v) is 8.45. The second kappa shape index (κ2) is 8.64. The zero-order chi connectivity index (χ0) is 22.9. The number of carbonyl (C=O) groups excluding carboxylic acids is 2. The van der Waals surface area contributed by atoms with Crippen LogP contribution in [0.2, 0.25) is 5.02 Å². The van der Waals surface area contributed by atoms with Crippen molar-refractivity contribution >= 4 is 40.9 Å². The summed E-state index contributed by atoms with van der Waals surface area (Å²) >= 11 is 6.47. The van der Waals surface area contributed by atoms with Crippen molar-refractivity contribution in [2.45, 2.75) is 12.5 Å². The molecular weight excluding hydrogens is 440 g/mol. The molecule has 1 atom stereocenters. The number of hydrogen-bond donors (Lipinski definition) is 1. The standard InChI is InChI=1S/C26H21ClN2O4/c1-29-18(15-32-26(29)31)12-16-6-9-19(10-7-16)33-24-11-8-17(14-22(24)27)13-21-20-4-2-3-5-23(20)28-25(21)30/h2-11,13-14,18H,12,15H2,1H3,(H,28,30). The van der Waals surface area contributed by atoms with Crippen molar-refractivity contribution in [1.29, 1.82) is 0 Å². The summed E-state index contributed by atoms with van der Waals surface area (Å²) in [6, 6.07) is 20.7. The minimum absolute atomic E-state index is 0.0364. The Morgan fingerprint density at radius 1 is 1.12 bits per heavy atom. The number of cyclic esters (lactones) is 1. The van der Waals surface area contributed by atoms with Crippen LogP contribution in [0.1, 0.15) is 16.7 Å².